The molecule has 25 heavy (non-hydrogen) atoms. The van der Waals surface area contributed by atoms with Gasteiger partial charge in [-0.2, -0.15) is 0 Å². The van der Waals surface area contributed by atoms with E-state index in [1.165, 1.54) is 13.8 Å². The van der Waals surface area contributed by atoms with E-state index < -0.39 is 26.3 Å². The van der Waals surface area contributed by atoms with Crippen LogP contribution in [-0.4, -0.2) is 54.9 Å². The lowest BCUT2D eigenvalue weighted by atomic mass is 9.76. The number of hydrogen-bond acceptors (Lipinski definition) is 5. The Morgan fingerprint density at radius 1 is 0.880 bits per heavy atom. The highest BCUT2D eigenvalue weighted by atomic mass is 31.2. The SMILES string of the molecule is CC(C)B(O)O.CC(C)C(=O)O.CC(C)C(C)O.CC(C)P(=O)(O)O. The number of carboxylic acids is 1. The summed E-state index contributed by atoms with van der Waals surface area (Å²) in [7, 11) is -4.89. The molecule has 1 unspecified atom stereocenters. The van der Waals surface area contributed by atoms with Crippen LogP contribution in [0.5, 0.6) is 0 Å². The first-order valence-electron chi connectivity index (χ1n) is 8.19. The first kappa shape index (κ1) is 32.3. The summed E-state index contributed by atoms with van der Waals surface area (Å²) in [6, 6.07) is 0. The van der Waals surface area contributed by atoms with Crippen LogP contribution in [0, 0.1) is 11.8 Å². The molecule has 0 aromatic rings. The molecule has 0 bridgehead atoms. The van der Waals surface area contributed by atoms with Gasteiger partial charge in [0.15, 0.2) is 0 Å². The Bertz CT molecular complexity index is 327. The summed E-state index contributed by atoms with van der Waals surface area (Å²) in [5.74, 6) is -0.602. The maximum Gasteiger partial charge on any atom is 0.454 e. The minimum atomic E-state index is -3.74. The summed E-state index contributed by atoms with van der Waals surface area (Å²) < 4.78 is 10.0. The third-order valence-electron chi connectivity index (χ3n) is 2.73. The molecular weight excluding hydrogens is 350 g/mol. The van der Waals surface area contributed by atoms with Crippen molar-refractivity contribution in [2.75, 3.05) is 0 Å². The fourth-order valence-electron chi connectivity index (χ4n) is 0. The number of aliphatic hydroxyl groups is 1. The molecule has 0 spiro atoms. The lowest BCUT2D eigenvalue weighted by molar-refractivity contribution is -0.140. The molecule has 0 aliphatic rings. The van der Waals surface area contributed by atoms with Crippen LogP contribution in [-0.2, 0) is 9.36 Å². The monoisotopic (exact) mass is 388 g/mol. The molecule has 0 aliphatic carbocycles. The van der Waals surface area contributed by atoms with Gasteiger partial charge in [0.05, 0.1) is 17.7 Å². The zero-order valence-corrected chi connectivity index (χ0v) is 17.8. The minimum Gasteiger partial charge on any atom is -0.481 e. The minimum absolute atomic E-state index is 0.0370. The van der Waals surface area contributed by atoms with E-state index in [-0.39, 0.29) is 17.8 Å². The summed E-state index contributed by atoms with van der Waals surface area (Å²) in [6.07, 6.45) is -0.148. The molecule has 8 nitrogen and oxygen atoms in total. The molecule has 6 N–H and O–H groups in total. The number of aliphatic hydroxyl groups excluding tert-OH is 1. The van der Waals surface area contributed by atoms with Gasteiger partial charge in [-0.25, -0.2) is 0 Å². The van der Waals surface area contributed by atoms with Crippen LogP contribution >= 0.6 is 7.60 Å². The highest BCUT2D eigenvalue weighted by molar-refractivity contribution is 7.52. The Morgan fingerprint density at radius 2 is 1.04 bits per heavy atom. The molecule has 1 atom stereocenters. The predicted molar refractivity (Wildman–Crippen MR) is 101 cm³/mol. The van der Waals surface area contributed by atoms with Crippen molar-refractivity contribution in [3.8, 4) is 0 Å². The summed E-state index contributed by atoms with van der Waals surface area (Å²) in [5.41, 5.74) is -0.535. The standard InChI is InChI=1S/C5H12O.C4H8O2.C3H9BO2.C3H9O3P/c1-4(2)5(3)6;2*1-3(2)4(5)6;1-3(2)7(4,5)6/h4-6H,1-3H3;3H,1-2H3,(H,5,6);3,5-6H,1-2H3;3H,1-2H3,(H2,4,5,6). The van der Waals surface area contributed by atoms with Crippen LogP contribution in [0.1, 0.15) is 62.3 Å². The first-order chi connectivity index (χ1) is 10.9. The van der Waals surface area contributed by atoms with Crippen LogP contribution in [0.15, 0.2) is 0 Å². The van der Waals surface area contributed by atoms with Crippen LogP contribution < -0.4 is 0 Å². The number of rotatable bonds is 4. The molecule has 0 saturated carbocycles. The second kappa shape index (κ2) is 17.0. The van der Waals surface area contributed by atoms with Crippen molar-refractivity contribution in [2.45, 2.75) is 79.9 Å². The molecule has 0 aromatic heterocycles. The summed E-state index contributed by atoms with van der Waals surface area (Å²) in [5, 5.41) is 33.0. The van der Waals surface area contributed by atoms with Crippen molar-refractivity contribution >= 4 is 20.7 Å². The van der Waals surface area contributed by atoms with Crippen molar-refractivity contribution in [1.82, 2.24) is 0 Å². The van der Waals surface area contributed by atoms with Gasteiger partial charge < -0.3 is 30.0 Å². The Labute approximate surface area is 152 Å². The molecule has 0 aromatic carbocycles. The molecule has 0 fully saturated rings. The van der Waals surface area contributed by atoms with E-state index in [1.807, 2.05) is 13.8 Å². The van der Waals surface area contributed by atoms with Gasteiger partial charge in [-0.05, 0) is 18.7 Å². The lowest BCUT2D eigenvalue weighted by Gasteiger charge is -2.04. The largest absolute Gasteiger partial charge is 0.481 e. The quantitative estimate of drug-likeness (QED) is 0.316. The number of carboxylic acid groups (broad SMARTS) is 1. The van der Waals surface area contributed by atoms with Gasteiger partial charge >= 0.3 is 20.7 Å². The van der Waals surface area contributed by atoms with Crippen LogP contribution in [0.3, 0.4) is 0 Å². The maximum atomic E-state index is 10.0. The Kier molecular flexibility index (Phi) is 21.9. The second-order valence-corrected chi connectivity index (χ2v) is 9.03. The fourth-order valence-corrected chi connectivity index (χ4v) is 0. The third-order valence-corrected chi connectivity index (χ3v) is 4.07. The second-order valence-electron chi connectivity index (χ2n) is 6.82. The Balaban J connectivity index is -0.000000118. The van der Waals surface area contributed by atoms with Crippen LogP contribution in [0.2, 0.25) is 5.82 Å². The van der Waals surface area contributed by atoms with E-state index in [0.29, 0.717) is 5.92 Å². The van der Waals surface area contributed by atoms with Crippen molar-refractivity contribution in [3.63, 3.8) is 0 Å². The highest BCUT2D eigenvalue weighted by Crippen LogP contribution is 2.39. The number of hydrogen-bond donors (Lipinski definition) is 6. The van der Waals surface area contributed by atoms with E-state index in [2.05, 4.69) is 0 Å². The third kappa shape index (κ3) is 35.5. The van der Waals surface area contributed by atoms with Crippen molar-refractivity contribution in [1.29, 1.82) is 0 Å². The highest BCUT2D eigenvalue weighted by Gasteiger charge is 2.17. The topological polar surface area (TPSA) is 156 Å². The summed E-state index contributed by atoms with van der Waals surface area (Å²) in [6.45, 7) is 15.5. The Hall–Kier alpha value is -0.435. The molecule has 154 valence electrons. The molecule has 0 amide bonds. The average molecular weight is 388 g/mol. The van der Waals surface area contributed by atoms with Gasteiger partial charge in [0, 0.05) is 0 Å². The van der Waals surface area contributed by atoms with Crippen molar-refractivity contribution in [3.05, 3.63) is 0 Å². The fraction of sp³-hybridized carbons (Fsp3) is 0.933. The van der Waals surface area contributed by atoms with Gasteiger partial charge in [-0.1, -0.05) is 55.4 Å². The predicted octanol–water partition coefficient (Wildman–Crippen LogP) is 2.19. The van der Waals surface area contributed by atoms with Gasteiger partial charge in [0.25, 0.3) is 0 Å². The van der Waals surface area contributed by atoms with E-state index in [4.69, 9.17) is 30.0 Å². The maximum absolute atomic E-state index is 10.0. The van der Waals surface area contributed by atoms with Crippen molar-refractivity contribution < 1.29 is 39.4 Å². The lowest BCUT2D eigenvalue weighted by Crippen LogP contribution is -2.14. The molecule has 0 aliphatic heterocycles. The molecule has 0 heterocycles. The zero-order chi connectivity index (χ0) is 21.5. The smallest absolute Gasteiger partial charge is 0.454 e. The van der Waals surface area contributed by atoms with E-state index in [1.54, 1.807) is 34.6 Å². The number of aliphatic carboxylic acids is 1. The normalized spacial score (nSPS) is 11.8. The Morgan fingerprint density at radius 3 is 1.04 bits per heavy atom. The van der Waals surface area contributed by atoms with E-state index in [9.17, 15) is 9.36 Å². The summed E-state index contributed by atoms with van der Waals surface area (Å²) >= 11 is 0. The molecule has 0 rings (SSSR count). The number of carbonyl (C=O) groups is 1. The van der Waals surface area contributed by atoms with E-state index >= 15 is 0 Å². The zero-order valence-electron chi connectivity index (χ0n) is 16.9. The molecule has 10 heteroatoms. The molecular formula is C15H38BO8P. The van der Waals surface area contributed by atoms with Crippen LogP contribution in [0.4, 0.5) is 0 Å². The van der Waals surface area contributed by atoms with Crippen molar-refractivity contribution in [2.24, 2.45) is 11.8 Å². The average Bonchev–Trinajstić information content (AvgIpc) is 2.39. The first-order valence-corrected chi connectivity index (χ1v) is 9.88. The summed E-state index contributed by atoms with van der Waals surface area (Å²) in [4.78, 5) is 26.1. The van der Waals surface area contributed by atoms with Crippen LogP contribution in [0.25, 0.3) is 0 Å². The van der Waals surface area contributed by atoms with Gasteiger partial charge in [0.1, 0.15) is 0 Å². The molecule has 0 saturated heterocycles. The van der Waals surface area contributed by atoms with Gasteiger partial charge in [-0.3, -0.25) is 9.36 Å². The van der Waals surface area contributed by atoms with E-state index in [0.717, 1.165) is 0 Å². The van der Waals surface area contributed by atoms with Gasteiger partial charge in [-0.15, -0.1) is 0 Å². The molecule has 0 radical (unpaired) electrons. The van der Waals surface area contributed by atoms with Gasteiger partial charge in [0.2, 0.25) is 0 Å².